The molecule has 7 heteroatoms. The minimum Gasteiger partial charge on any atom is -0.494 e. The lowest BCUT2D eigenvalue weighted by Crippen LogP contribution is -2.23. The predicted octanol–water partition coefficient (Wildman–Crippen LogP) is 3.36. The summed E-state index contributed by atoms with van der Waals surface area (Å²) in [6.07, 6.45) is 0.0212. The molecule has 0 saturated heterocycles. The average molecular weight is 379 g/mol. The van der Waals surface area contributed by atoms with Gasteiger partial charge in [0.25, 0.3) is 0 Å². The second kappa shape index (κ2) is 8.91. The number of nitrogens with one attached hydrogen (secondary N) is 1. The van der Waals surface area contributed by atoms with Gasteiger partial charge in [0, 0.05) is 6.54 Å². The molecule has 0 aliphatic rings. The zero-order chi connectivity index (χ0) is 19.2. The van der Waals surface area contributed by atoms with Crippen molar-refractivity contribution in [2.24, 2.45) is 0 Å². The fourth-order valence-corrected chi connectivity index (χ4v) is 3.33. The van der Waals surface area contributed by atoms with Crippen LogP contribution in [0, 0.1) is 0 Å². The van der Waals surface area contributed by atoms with Gasteiger partial charge in [-0.1, -0.05) is 6.07 Å². The molecular formula is C19H25NO5S. The van der Waals surface area contributed by atoms with Crippen LogP contribution in [0.5, 0.6) is 17.2 Å². The third-order valence-corrected chi connectivity index (χ3v) is 4.92. The molecule has 0 saturated carbocycles. The van der Waals surface area contributed by atoms with E-state index < -0.39 is 10.0 Å². The van der Waals surface area contributed by atoms with Crippen molar-refractivity contribution in [3.05, 3.63) is 48.0 Å². The van der Waals surface area contributed by atoms with Crippen LogP contribution in [0.3, 0.4) is 0 Å². The molecule has 0 aliphatic carbocycles. The first-order chi connectivity index (χ1) is 12.4. The Morgan fingerprint density at radius 3 is 2.31 bits per heavy atom. The minimum atomic E-state index is -3.62. The Hall–Kier alpha value is -2.25. The van der Waals surface area contributed by atoms with Crippen molar-refractivity contribution in [2.45, 2.75) is 38.3 Å². The average Bonchev–Trinajstić information content (AvgIpc) is 2.61. The molecule has 0 aliphatic heterocycles. The Labute approximate surface area is 155 Å². The summed E-state index contributed by atoms with van der Waals surface area (Å²) >= 11 is 0. The van der Waals surface area contributed by atoms with Crippen LogP contribution < -0.4 is 18.9 Å². The first-order valence-corrected chi connectivity index (χ1v) is 9.90. The first-order valence-electron chi connectivity index (χ1n) is 8.41. The lowest BCUT2D eigenvalue weighted by atomic mass is 10.2. The number of sulfonamides is 1. The van der Waals surface area contributed by atoms with E-state index in [-0.39, 0.29) is 17.5 Å². The Bertz CT molecular complexity index is 816. The second-order valence-electron chi connectivity index (χ2n) is 5.88. The minimum absolute atomic E-state index is 0.0212. The van der Waals surface area contributed by atoms with E-state index in [4.69, 9.17) is 14.2 Å². The largest absolute Gasteiger partial charge is 0.494 e. The molecule has 0 radical (unpaired) electrons. The number of rotatable bonds is 9. The summed E-state index contributed by atoms with van der Waals surface area (Å²) in [4.78, 5) is 0.188. The lowest BCUT2D eigenvalue weighted by molar-refractivity contribution is 0.230. The van der Waals surface area contributed by atoms with Gasteiger partial charge in [0.15, 0.2) is 11.5 Å². The van der Waals surface area contributed by atoms with E-state index in [2.05, 4.69) is 4.72 Å². The van der Waals surface area contributed by atoms with E-state index in [9.17, 15) is 8.42 Å². The summed E-state index contributed by atoms with van der Waals surface area (Å²) < 4.78 is 43.8. The van der Waals surface area contributed by atoms with E-state index in [1.54, 1.807) is 37.4 Å². The number of hydrogen-bond donors (Lipinski definition) is 1. The fraction of sp³-hybridized carbons (Fsp3) is 0.368. The molecule has 0 atom stereocenters. The van der Waals surface area contributed by atoms with Crippen molar-refractivity contribution >= 4 is 10.0 Å². The number of ether oxygens (including phenoxy) is 3. The van der Waals surface area contributed by atoms with Crippen LogP contribution in [0.25, 0.3) is 0 Å². The third kappa shape index (κ3) is 5.37. The zero-order valence-corrected chi connectivity index (χ0v) is 16.3. The topological polar surface area (TPSA) is 73.9 Å². The molecule has 0 heterocycles. The van der Waals surface area contributed by atoms with Gasteiger partial charge >= 0.3 is 0 Å². The van der Waals surface area contributed by atoms with E-state index in [1.165, 1.54) is 12.1 Å². The molecule has 0 unspecified atom stereocenters. The van der Waals surface area contributed by atoms with Crippen LogP contribution in [0.4, 0.5) is 0 Å². The Kier molecular flexibility index (Phi) is 6.88. The summed E-state index contributed by atoms with van der Waals surface area (Å²) in [5.41, 5.74) is 0.771. The van der Waals surface area contributed by atoms with E-state index >= 15 is 0 Å². The Morgan fingerprint density at radius 1 is 1.04 bits per heavy atom. The standard InChI is InChI=1S/C19H25NO5S/c1-5-24-16-7-9-17(10-8-16)26(21,22)20-13-15-6-11-18(25-14(2)3)19(12-15)23-4/h6-12,14,20H,5,13H2,1-4H3. The van der Waals surface area contributed by atoms with Crippen LogP contribution in [0.1, 0.15) is 26.3 Å². The van der Waals surface area contributed by atoms with Crippen molar-refractivity contribution in [1.82, 2.24) is 4.72 Å². The smallest absolute Gasteiger partial charge is 0.240 e. The quantitative estimate of drug-likeness (QED) is 0.723. The second-order valence-corrected chi connectivity index (χ2v) is 7.65. The highest BCUT2D eigenvalue weighted by molar-refractivity contribution is 7.89. The lowest BCUT2D eigenvalue weighted by Gasteiger charge is -2.15. The summed E-state index contributed by atoms with van der Waals surface area (Å²) in [6, 6.07) is 11.7. The van der Waals surface area contributed by atoms with Gasteiger partial charge in [-0.05, 0) is 62.7 Å². The van der Waals surface area contributed by atoms with Gasteiger partial charge < -0.3 is 14.2 Å². The Morgan fingerprint density at radius 2 is 1.73 bits per heavy atom. The SMILES string of the molecule is CCOc1ccc(S(=O)(=O)NCc2ccc(OC(C)C)c(OC)c2)cc1. The molecular weight excluding hydrogens is 354 g/mol. The van der Waals surface area contributed by atoms with Gasteiger partial charge in [0.05, 0.1) is 24.7 Å². The van der Waals surface area contributed by atoms with Gasteiger partial charge in [0.1, 0.15) is 5.75 Å². The van der Waals surface area contributed by atoms with Gasteiger partial charge in [-0.3, -0.25) is 0 Å². The molecule has 0 spiro atoms. The van der Waals surface area contributed by atoms with Gasteiger partial charge in [-0.25, -0.2) is 13.1 Å². The van der Waals surface area contributed by atoms with Crippen LogP contribution >= 0.6 is 0 Å². The maximum absolute atomic E-state index is 12.4. The van der Waals surface area contributed by atoms with Crippen molar-refractivity contribution in [3.8, 4) is 17.2 Å². The van der Waals surface area contributed by atoms with Crippen LogP contribution in [0.15, 0.2) is 47.4 Å². The van der Waals surface area contributed by atoms with Crippen LogP contribution in [0.2, 0.25) is 0 Å². The zero-order valence-electron chi connectivity index (χ0n) is 15.5. The van der Waals surface area contributed by atoms with Crippen LogP contribution in [-0.2, 0) is 16.6 Å². The van der Waals surface area contributed by atoms with Crippen molar-refractivity contribution in [2.75, 3.05) is 13.7 Å². The first kappa shape index (κ1) is 20.1. The predicted molar refractivity (Wildman–Crippen MR) is 100 cm³/mol. The van der Waals surface area contributed by atoms with Crippen molar-refractivity contribution in [3.63, 3.8) is 0 Å². The molecule has 6 nitrogen and oxygen atoms in total. The molecule has 0 bridgehead atoms. The van der Waals surface area contributed by atoms with E-state index in [1.807, 2.05) is 20.8 Å². The molecule has 1 N–H and O–H groups in total. The number of methoxy groups -OCH3 is 1. The molecule has 2 aromatic carbocycles. The molecule has 0 amide bonds. The molecule has 0 aromatic heterocycles. The monoisotopic (exact) mass is 379 g/mol. The summed E-state index contributed by atoms with van der Waals surface area (Å²) in [7, 11) is -2.06. The van der Waals surface area contributed by atoms with E-state index in [0.29, 0.717) is 23.9 Å². The van der Waals surface area contributed by atoms with Crippen LogP contribution in [-0.4, -0.2) is 28.2 Å². The highest BCUT2D eigenvalue weighted by Crippen LogP contribution is 2.29. The van der Waals surface area contributed by atoms with E-state index in [0.717, 1.165) is 5.56 Å². The number of hydrogen-bond acceptors (Lipinski definition) is 5. The van der Waals surface area contributed by atoms with Gasteiger partial charge in [0.2, 0.25) is 10.0 Å². The Balaban J connectivity index is 2.09. The fourth-order valence-electron chi connectivity index (χ4n) is 2.32. The number of benzene rings is 2. The molecule has 2 aromatic rings. The highest BCUT2D eigenvalue weighted by atomic mass is 32.2. The summed E-state index contributed by atoms with van der Waals surface area (Å²) in [6.45, 7) is 6.41. The van der Waals surface area contributed by atoms with Crippen molar-refractivity contribution < 1.29 is 22.6 Å². The summed E-state index contributed by atoms with van der Waals surface area (Å²) in [5.74, 6) is 1.83. The molecule has 142 valence electrons. The molecule has 26 heavy (non-hydrogen) atoms. The van der Waals surface area contributed by atoms with Gasteiger partial charge in [-0.2, -0.15) is 0 Å². The maximum Gasteiger partial charge on any atom is 0.240 e. The normalized spacial score (nSPS) is 11.4. The van der Waals surface area contributed by atoms with Crippen molar-refractivity contribution in [1.29, 1.82) is 0 Å². The molecule has 2 rings (SSSR count). The maximum atomic E-state index is 12.4. The highest BCUT2D eigenvalue weighted by Gasteiger charge is 2.15. The third-order valence-electron chi connectivity index (χ3n) is 3.50. The van der Waals surface area contributed by atoms with Gasteiger partial charge in [-0.15, -0.1) is 0 Å². The summed E-state index contributed by atoms with van der Waals surface area (Å²) in [5, 5.41) is 0. The molecule has 0 fully saturated rings.